The Morgan fingerprint density at radius 2 is 1.80 bits per heavy atom. The van der Waals surface area contributed by atoms with Crippen LogP contribution >= 0.6 is 0 Å². The summed E-state index contributed by atoms with van der Waals surface area (Å²) in [6.07, 6.45) is 1.50. The molecular formula is C23H30N3O4+. The maximum atomic E-state index is 12.5. The lowest BCUT2D eigenvalue weighted by atomic mass is 10.1. The predicted molar refractivity (Wildman–Crippen MR) is 116 cm³/mol. The molecule has 1 heterocycles. The number of ether oxygens (including phenoxy) is 2. The largest absolute Gasteiger partial charge is 0.493 e. The van der Waals surface area contributed by atoms with Gasteiger partial charge in [-0.1, -0.05) is 0 Å². The van der Waals surface area contributed by atoms with E-state index in [1.807, 2.05) is 50.4 Å². The van der Waals surface area contributed by atoms with Crippen molar-refractivity contribution >= 4 is 23.2 Å². The summed E-state index contributed by atoms with van der Waals surface area (Å²) in [4.78, 5) is 27.2. The van der Waals surface area contributed by atoms with E-state index >= 15 is 0 Å². The first kappa shape index (κ1) is 21.6. The molecule has 1 fully saturated rings. The van der Waals surface area contributed by atoms with Crippen LogP contribution in [0, 0.1) is 6.92 Å². The van der Waals surface area contributed by atoms with Gasteiger partial charge in [-0.15, -0.1) is 0 Å². The number of aryl methyl sites for hydroxylation is 1. The van der Waals surface area contributed by atoms with Crippen LogP contribution in [0.3, 0.4) is 0 Å². The van der Waals surface area contributed by atoms with Crippen molar-refractivity contribution in [3.63, 3.8) is 0 Å². The number of hydrogen-bond donors (Lipinski definition) is 2. The Morgan fingerprint density at radius 3 is 2.40 bits per heavy atom. The average molecular weight is 413 g/mol. The summed E-state index contributed by atoms with van der Waals surface area (Å²) >= 11 is 0. The van der Waals surface area contributed by atoms with E-state index in [2.05, 4.69) is 5.32 Å². The van der Waals surface area contributed by atoms with Crippen molar-refractivity contribution in [2.45, 2.75) is 26.3 Å². The zero-order valence-electron chi connectivity index (χ0n) is 18.1. The van der Waals surface area contributed by atoms with Crippen LogP contribution in [0.1, 0.15) is 24.0 Å². The number of likely N-dealkylation sites (N-methyl/N-ethyl adjacent to an activating group) is 1. The van der Waals surface area contributed by atoms with Crippen LogP contribution in [0.2, 0.25) is 0 Å². The minimum absolute atomic E-state index is 0.0596. The van der Waals surface area contributed by atoms with E-state index in [0.29, 0.717) is 31.0 Å². The smallest absolute Gasteiger partial charge is 0.279 e. The minimum Gasteiger partial charge on any atom is -0.493 e. The highest BCUT2D eigenvalue weighted by Gasteiger charge is 2.21. The minimum atomic E-state index is -0.0596. The van der Waals surface area contributed by atoms with Crippen molar-refractivity contribution in [2.24, 2.45) is 0 Å². The molecule has 7 nitrogen and oxygen atoms in total. The standard InChI is InChI=1S/C23H29N3O4/c1-16-12-20(29-3)21(30-4)13-17(16)14-25(2)15-22(27)24-18-7-9-19(10-8-18)26-11-5-6-23(26)28/h7-10,12-13H,5-6,11,14-15H2,1-4H3,(H,24,27)/p+1. The Labute approximate surface area is 177 Å². The lowest BCUT2D eigenvalue weighted by Gasteiger charge is -2.18. The van der Waals surface area contributed by atoms with E-state index in [-0.39, 0.29) is 11.8 Å². The molecule has 30 heavy (non-hydrogen) atoms. The molecule has 0 aliphatic carbocycles. The summed E-state index contributed by atoms with van der Waals surface area (Å²) in [5.41, 5.74) is 3.81. The molecule has 0 saturated carbocycles. The zero-order valence-corrected chi connectivity index (χ0v) is 18.1. The van der Waals surface area contributed by atoms with Gasteiger partial charge in [-0.25, -0.2) is 0 Å². The normalized spacial score (nSPS) is 14.5. The SMILES string of the molecule is COc1cc(C)c(C[NH+](C)CC(=O)Nc2ccc(N3CCCC3=O)cc2)cc1OC. The number of carbonyl (C=O) groups excluding carboxylic acids is 2. The van der Waals surface area contributed by atoms with Crippen LogP contribution in [0.15, 0.2) is 36.4 Å². The maximum absolute atomic E-state index is 12.5. The third-order valence-electron chi connectivity index (χ3n) is 5.33. The quantitative estimate of drug-likeness (QED) is 0.694. The van der Waals surface area contributed by atoms with Crippen LogP contribution in [0.4, 0.5) is 11.4 Å². The van der Waals surface area contributed by atoms with Crippen LogP contribution < -0.4 is 24.6 Å². The topological polar surface area (TPSA) is 72.3 Å². The van der Waals surface area contributed by atoms with Crippen LogP contribution in [-0.2, 0) is 16.1 Å². The molecule has 0 radical (unpaired) electrons. The Bertz CT molecular complexity index is 911. The summed E-state index contributed by atoms with van der Waals surface area (Å²) in [5.74, 6) is 1.48. The van der Waals surface area contributed by atoms with Crippen molar-refractivity contribution in [3.8, 4) is 11.5 Å². The van der Waals surface area contributed by atoms with Crippen LogP contribution in [0.5, 0.6) is 11.5 Å². The second-order valence-electron chi connectivity index (χ2n) is 7.69. The van der Waals surface area contributed by atoms with Gasteiger partial charge in [0.25, 0.3) is 5.91 Å². The van der Waals surface area contributed by atoms with Gasteiger partial charge in [0.05, 0.1) is 21.3 Å². The summed E-state index contributed by atoms with van der Waals surface area (Å²) in [6.45, 7) is 3.81. The highest BCUT2D eigenvalue weighted by atomic mass is 16.5. The maximum Gasteiger partial charge on any atom is 0.279 e. The molecule has 3 rings (SSSR count). The fraction of sp³-hybridized carbons (Fsp3) is 0.391. The lowest BCUT2D eigenvalue weighted by Crippen LogP contribution is -3.08. The first-order chi connectivity index (χ1) is 14.4. The number of nitrogens with zero attached hydrogens (tertiary/aromatic N) is 1. The van der Waals surface area contributed by atoms with Crippen LogP contribution in [-0.4, -0.2) is 46.2 Å². The third kappa shape index (κ3) is 5.10. The number of rotatable bonds is 8. The molecule has 1 unspecified atom stereocenters. The second kappa shape index (κ2) is 9.63. The number of carbonyl (C=O) groups is 2. The summed E-state index contributed by atoms with van der Waals surface area (Å²) in [7, 11) is 5.22. The number of quaternary nitrogens is 1. The lowest BCUT2D eigenvalue weighted by molar-refractivity contribution is -0.885. The molecular weight excluding hydrogens is 382 g/mol. The first-order valence-corrected chi connectivity index (χ1v) is 10.1. The number of benzene rings is 2. The van der Waals surface area contributed by atoms with Gasteiger partial charge in [0, 0.05) is 29.9 Å². The molecule has 1 aliphatic rings. The number of methoxy groups -OCH3 is 2. The molecule has 7 heteroatoms. The van der Waals surface area contributed by atoms with Crippen molar-refractivity contribution in [3.05, 3.63) is 47.5 Å². The number of hydrogen-bond acceptors (Lipinski definition) is 4. The highest BCUT2D eigenvalue weighted by molar-refractivity contribution is 5.96. The van der Waals surface area contributed by atoms with E-state index < -0.39 is 0 Å². The van der Waals surface area contributed by atoms with Gasteiger partial charge < -0.3 is 24.6 Å². The van der Waals surface area contributed by atoms with Gasteiger partial charge >= 0.3 is 0 Å². The van der Waals surface area contributed by atoms with Crippen molar-refractivity contribution in [1.82, 2.24) is 0 Å². The van der Waals surface area contributed by atoms with Gasteiger partial charge in [-0.2, -0.15) is 0 Å². The molecule has 0 spiro atoms. The van der Waals surface area contributed by atoms with E-state index in [1.54, 1.807) is 19.1 Å². The first-order valence-electron chi connectivity index (χ1n) is 10.1. The fourth-order valence-electron chi connectivity index (χ4n) is 3.73. The molecule has 0 aromatic heterocycles. The summed E-state index contributed by atoms with van der Waals surface area (Å²) in [5, 5.41) is 2.94. The van der Waals surface area contributed by atoms with Crippen LogP contribution in [0.25, 0.3) is 0 Å². The van der Waals surface area contributed by atoms with Crippen molar-refractivity contribution < 1.29 is 24.0 Å². The van der Waals surface area contributed by atoms with E-state index in [1.165, 1.54) is 0 Å². The molecule has 2 aromatic rings. The van der Waals surface area contributed by atoms with E-state index in [0.717, 1.165) is 40.4 Å². The second-order valence-corrected chi connectivity index (χ2v) is 7.69. The highest BCUT2D eigenvalue weighted by Crippen LogP contribution is 2.30. The van der Waals surface area contributed by atoms with Crippen molar-refractivity contribution in [2.75, 3.05) is 44.6 Å². The Hall–Kier alpha value is -3.06. The third-order valence-corrected chi connectivity index (χ3v) is 5.33. The summed E-state index contributed by atoms with van der Waals surface area (Å²) < 4.78 is 10.7. The Kier molecular flexibility index (Phi) is 6.95. The van der Waals surface area contributed by atoms with Gasteiger partial charge in [0.15, 0.2) is 18.0 Å². The van der Waals surface area contributed by atoms with Gasteiger partial charge in [-0.05, 0) is 55.3 Å². The number of nitrogens with one attached hydrogen (secondary N) is 2. The van der Waals surface area contributed by atoms with Gasteiger partial charge in [-0.3, -0.25) is 9.59 Å². The van der Waals surface area contributed by atoms with E-state index in [4.69, 9.17) is 9.47 Å². The van der Waals surface area contributed by atoms with E-state index in [9.17, 15) is 9.59 Å². The molecule has 2 N–H and O–H groups in total. The fourth-order valence-corrected chi connectivity index (χ4v) is 3.73. The number of amides is 2. The van der Waals surface area contributed by atoms with Crippen molar-refractivity contribution in [1.29, 1.82) is 0 Å². The molecule has 1 saturated heterocycles. The molecule has 0 bridgehead atoms. The molecule has 1 atom stereocenters. The summed E-state index contributed by atoms with van der Waals surface area (Å²) in [6, 6.07) is 11.4. The zero-order chi connectivity index (χ0) is 21.7. The molecule has 1 aliphatic heterocycles. The van der Waals surface area contributed by atoms with Gasteiger partial charge in [0.1, 0.15) is 6.54 Å². The van der Waals surface area contributed by atoms with Gasteiger partial charge in [0.2, 0.25) is 5.91 Å². The average Bonchev–Trinajstić information content (AvgIpc) is 3.15. The Balaban J connectivity index is 1.56. The number of anilines is 2. The monoisotopic (exact) mass is 412 g/mol. The molecule has 2 amide bonds. The predicted octanol–water partition coefficient (Wildman–Crippen LogP) is 1.79. The Morgan fingerprint density at radius 1 is 1.13 bits per heavy atom. The molecule has 2 aromatic carbocycles. The molecule has 160 valence electrons.